The number of hydrogen-bond donors (Lipinski definition) is 2. The van der Waals surface area contributed by atoms with Crippen LogP contribution < -0.4 is 5.32 Å². The van der Waals surface area contributed by atoms with E-state index in [-0.39, 0.29) is 0 Å². The Morgan fingerprint density at radius 3 is 2.50 bits per heavy atom. The first-order valence-corrected chi connectivity index (χ1v) is 4.95. The van der Waals surface area contributed by atoms with Gasteiger partial charge in [-0.25, -0.2) is 0 Å². The summed E-state index contributed by atoms with van der Waals surface area (Å²) in [5, 5.41) is 12.9. The first kappa shape index (κ1) is 10.0. The highest BCUT2D eigenvalue weighted by molar-refractivity contribution is 4.82. The van der Waals surface area contributed by atoms with Crippen LogP contribution in [0.4, 0.5) is 0 Å². The molecule has 2 N–H and O–H groups in total. The summed E-state index contributed by atoms with van der Waals surface area (Å²) in [6.07, 6.45) is 3.95. The van der Waals surface area contributed by atoms with Crippen LogP contribution in [-0.4, -0.2) is 23.3 Å². The summed E-state index contributed by atoms with van der Waals surface area (Å²) in [6, 6.07) is 0.636. The molecule has 1 aliphatic carbocycles. The Morgan fingerprint density at radius 1 is 1.42 bits per heavy atom. The van der Waals surface area contributed by atoms with Gasteiger partial charge in [0.05, 0.1) is 5.60 Å². The maximum Gasteiger partial charge on any atom is 0.0715 e. The molecular weight excluding hydrogens is 150 g/mol. The fourth-order valence-corrected chi connectivity index (χ4v) is 1.83. The van der Waals surface area contributed by atoms with Crippen molar-refractivity contribution >= 4 is 0 Å². The molecule has 0 saturated heterocycles. The highest BCUT2D eigenvalue weighted by Crippen LogP contribution is 2.24. The zero-order chi connectivity index (χ0) is 9.19. The molecule has 72 valence electrons. The van der Waals surface area contributed by atoms with E-state index in [0.717, 1.165) is 5.92 Å². The molecule has 0 bridgehead atoms. The van der Waals surface area contributed by atoms with E-state index in [1.165, 1.54) is 19.3 Å². The minimum absolute atomic E-state index is 0.567. The van der Waals surface area contributed by atoms with Crippen LogP contribution in [0.2, 0.25) is 0 Å². The minimum atomic E-state index is -0.567. The van der Waals surface area contributed by atoms with Crippen molar-refractivity contribution in [2.45, 2.75) is 51.7 Å². The summed E-state index contributed by atoms with van der Waals surface area (Å²) in [6.45, 7) is 6.69. The number of hydrogen-bond acceptors (Lipinski definition) is 2. The third-order valence-electron chi connectivity index (χ3n) is 2.66. The molecule has 0 aliphatic heterocycles. The predicted octanol–water partition coefficient (Wildman–Crippen LogP) is 1.54. The van der Waals surface area contributed by atoms with Crippen molar-refractivity contribution < 1.29 is 5.11 Å². The van der Waals surface area contributed by atoms with Crippen molar-refractivity contribution in [3.63, 3.8) is 0 Å². The number of aliphatic hydroxyl groups is 1. The van der Waals surface area contributed by atoms with E-state index in [2.05, 4.69) is 12.2 Å². The van der Waals surface area contributed by atoms with E-state index in [1.54, 1.807) is 0 Å². The third kappa shape index (κ3) is 3.11. The van der Waals surface area contributed by atoms with Gasteiger partial charge in [-0.05, 0) is 32.6 Å². The van der Waals surface area contributed by atoms with E-state index in [1.807, 2.05) is 13.8 Å². The molecule has 1 rings (SSSR count). The van der Waals surface area contributed by atoms with Crippen LogP contribution in [0.1, 0.15) is 40.0 Å². The molecule has 12 heavy (non-hydrogen) atoms. The van der Waals surface area contributed by atoms with Gasteiger partial charge in [0.1, 0.15) is 0 Å². The first-order valence-electron chi connectivity index (χ1n) is 4.95. The molecule has 0 heterocycles. The van der Waals surface area contributed by atoms with E-state index in [9.17, 15) is 5.11 Å². The zero-order valence-corrected chi connectivity index (χ0v) is 8.43. The molecule has 0 aromatic carbocycles. The van der Waals surface area contributed by atoms with Crippen LogP contribution in [0.3, 0.4) is 0 Å². The van der Waals surface area contributed by atoms with Crippen LogP contribution >= 0.6 is 0 Å². The molecular formula is C10H21NO. The Labute approximate surface area is 75.4 Å². The van der Waals surface area contributed by atoms with Gasteiger partial charge in [-0.1, -0.05) is 13.3 Å². The standard InChI is InChI=1S/C10H21NO/c1-8-5-4-6-9(8)11-7-10(2,3)12/h8-9,11-12H,4-7H2,1-3H3. The van der Waals surface area contributed by atoms with Gasteiger partial charge in [0, 0.05) is 12.6 Å². The molecule has 0 radical (unpaired) electrons. The van der Waals surface area contributed by atoms with Crippen molar-refractivity contribution in [3.05, 3.63) is 0 Å². The fourth-order valence-electron chi connectivity index (χ4n) is 1.83. The summed E-state index contributed by atoms with van der Waals surface area (Å²) >= 11 is 0. The minimum Gasteiger partial charge on any atom is -0.389 e. The molecule has 2 atom stereocenters. The van der Waals surface area contributed by atoms with Gasteiger partial charge in [0.2, 0.25) is 0 Å². The lowest BCUT2D eigenvalue weighted by Gasteiger charge is -2.23. The van der Waals surface area contributed by atoms with Crippen LogP contribution in [0, 0.1) is 5.92 Å². The van der Waals surface area contributed by atoms with E-state index in [4.69, 9.17) is 0 Å². The van der Waals surface area contributed by atoms with Gasteiger partial charge in [-0.15, -0.1) is 0 Å². The van der Waals surface area contributed by atoms with Crippen molar-refractivity contribution in [1.29, 1.82) is 0 Å². The Kier molecular flexibility index (Phi) is 3.13. The van der Waals surface area contributed by atoms with Gasteiger partial charge >= 0.3 is 0 Å². The summed E-state index contributed by atoms with van der Waals surface area (Å²) in [7, 11) is 0. The Bertz CT molecular complexity index is 139. The molecule has 1 fully saturated rings. The van der Waals surface area contributed by atoms with E-state index >= 15 is 0 Å². The van der Waals surface area contributed by atoms with Gasteiger partial charge in [0.15, 0.2) is 0 Å². The maximum atomic E-state index is 9.50. The lowest BCUT2D eigenvalue weighted by Crippen LogP contribution is -2.41. The van der Waals surface area contributed by atoms with Crippen LogP contribution in [-0.2, 0) is 0 Å². The van der Waals surface area contributed by atoms with Gasteiger partial charge in [-0.2, -0.15) is 0 Å². The van der Waals surface area contributed by atoms with Crippen LogP contribution in [0.5, 0.6) is 0 Å². The SMILES string of the molecule is CC1CCCC1NCC(C)(C)O. The second-order valence-corrected chi connectivity index (χ2v) is 4.71. The largest absolute Gasteiger partial charge is 0.389 e. The predicted molar refractivity (Wildman–Crippen MR) is 51.1 cm³/mol. The molecule has 1 aliphatic rings. The van der Waals surface area contributed by atoms with E-state index < -0.39 is 5.60 Å². The maximum absolute atomic E-state index is 9.50. The molecule has 0 aromatic rings. The monoisotopic (exact) mass is 171 g/mol. The summed E-state index contributed by atoms with van der Waals surface area (Å²) in [5.41, 5.74) is -0.567. The summed E-state index contributed by atoms with van der Waals surface area (Å²) in [4.78, 5) is 0. The molecule has 2 nitrogen and oxygen atoms in total. The molecule has 0 amide bonds. The van der Waals surface area contributed by atoms with Crippen LogP contribution in [0.25, 0.3) is 0 Å². The van der Waals surface area contributed by atoms with Crippen molar-refractivity contribution in [2.75, 3.05) is 6.54 Å². The van der Waals surface area contributed by atoms with Gasteiger partial charge < -0.3 is 10.4 Å². The Morgan fingerprint density at radius 2 is 2.08 bits per heavy atom. The molecule has 1 saturated carbocycles. The van der Waals surface area contributed by atoms with Gasteiger partial charge in [0.25, 0.3) is 0 Å². The summed E-state index contributed by atoms with van der Waals surface area (Å²) < 4.78 is 0. The Balaban J connectivity index is 2.23. The lowest BCUT2D eigenvalue weighted by atomic mass is 10.0. The highest BCUT2D eigenvalue weighted by Gasteiger charge is 2.24. The van der Waals surface area contributed by atoms with Crippen molar-refractivity contribution in [2.24, 2.45) is 5.92 Å². The Hall–Kier alpha value is -0.0800. The second kappa shape index (κ2) is 3.75. The first-order chi connectivity index (χ1) is 5.49. The molecule has 2 unspecified atom stereocenters. The van der Waals surface area contributed by atoms with Gasteiger partial charge in [-0.3, -0.25) is 0 Å². The average molecular weight is 171 g/mol. The highest BCUT2D eigenvalue weighted by atomic mass is 16.3. The molecule has 0 spiro atoms. The molecule has 2 heteroatoms. The fraction of sp³-hybridized carbons (Fsp3) is 1.00. The van der Waals surface area contributed by atoms with E-state index in [0.29, 0.717) is 12.6 Å². The quantitative estimate of drug-likeness (QED) is 0.675. The molecule has 0 aromatic heterocycles. The van der Waals surface area contributed by atoms with Crippen molar-refractivity contribution in [3.8, 4) is 0 Å². The smallest absolute Gasteiger partial charge is 0.0715 e. The lowest BCUT2D eigenvalue weighted by molar-refractivity contribution is 0.0750. The third-order valence-corrected chi connectivity index (χ3v) is 2.66. The zero-order valence-electron chi connectivity index (χ0n) is 8.43. The topological polar surface area (TPSA) is 32.3 Å². The van der Waals surface area contributed by atoms with Crippen molar-refractivity contribution in [1.82, 2.24) is 5.32 Å². The summed E-state index contributed by atoms with van der Waals surface area (Å²) in [5.74, 6) is 0.785. The second-order valence-electron chi connectivity index (χ2n) is 4.71. The average Bonchev–Trinajstić information content (AvgIpc) is 2.29. The number of rotatable bonds is 3. The number of nitrogens with one attached hydrogen (secondary N) is 1. The normalized spacial score (nSPS) is 31.0. The van der Waals surface area contributed by atoms with Crippen LogP contribution in [0.15, 0.2) is 0 Å².